The molecule has 1 saturated carbocycles. The van der Waals surface area contributed by atoms with Gasteiger partial charge >= 0.3 is 0 Å². The second-order valence-electron chi connectivity index (χ2n) is 7.57. The highest BCUT2D eigenvalue weighted by Gasteiger charge is 2.17. The Bertz CT molecular complexity index is 949. The molecule has 0 saturated heterocycles. The fourth-order valence-electron chi connectivity index (χ4n) is 3.69. The largest absolute Gasteiger partial charge is 0.494 e. The Labute approximate surface area is 170 Å². The van der Waals surface area contributed by atoms with Crippen LogP contribution in [0.15, 0.2) is 24.5 Å². The van der Waals surface area contributed by atoms with Crippen molar-refractivity contribution in [3.05, 3.63) is 30.1 Å². The van der Waals surface area contributed by atoms with E-state index in [1.165, 1.54) is 32.1 Å². The number of hydrogen-bond donors (Lipinski definition) is 4. The van der Waals surface area contributed by atoms with Gasteiger partial charge in [0.2, 0.25) is 5.95 Å². The molecule has 1 aliphatic carbocycles. The monoisotopic (exact) mass is 395 g/mol. The van der Waals surface area contributed by atoms with Crippen LogP contribution in [0.3, 0.4) is 0 Å². The summed E-state index contributed by atoms with van der Waals surface area (Å²) in [5.74, 6) is 2.16. The highest BCUT2D eigenvalue weighted by molar-refractivity contribution is 5.84. The first-order valence-corrected chi connectivity index (χ1v) is 10.4. The van der Waals surface area contributed by atoms with Gasteiger partial charge in [-0.3, -0.25) is 0 Å². The van der Waals surface area contributed by atoms with Crippen molar-refractivity contribution < 1.29 is 4.74 Å². The Balaban J connectivity index is 1.53. The fourth-order valence-corrected chi connectivity index (χ4v) is 3.69. The molecule has 1 aliphatic rings. The first kappa shape index (κ1) is 19.4. The smallest absolute Gasteiger partial charge is 0.231 e. The van der Waals surface area contributed by atoms with Gasteiger partial charge in [0, 0.05) is 11.7 Å². The van der Waals surface area contributed by atoms with Crippen LogP contribution in [0.2, 0.25) is 0 Å². The van der Waals surface area contributed by atoms with E-state index in [0.29, 0.717) is 25.1 Å². The third-order valence-corrected chi connectivity index (χ3v) is 5.29. The Morgan fingerprint density at radius 2 is 2.07 bits per heavy atom. The van der Waals surface area contributed by atoms with Crippen molar-refractivity contribution in [1.82, 2.24) is 19.9 Å². The number of imidazole rings is 1. The Morgan fingerprint density at radius 3 is 2.86 bits per heavy atom. The molecular formula is C21H29N7O. The summed E-state index contributed by atoms with van der Waals surface area (Å²) in [4.78, 5) is 16.8. The van der Waals surface area contributed by atoms with E-state index in [4.69, 9.17) is 15.5 Å². The summed E-state index contributed by atoms with van der Waals surface area (Å²) in [6.45, 7) is 3.29. The highest BCUT2D eigenvalue weighted by Crippen LogP contribution is 2.27. The quantitative estimate of drug-likeness (QED) is 0.428. The van der Waals surface area contributed by atoms with E-state index in [-0.39, 0.29) is 0 Å². The molecule has 0 bridgehead atoms. The number of nitrogens with zero attached hydrogens (tertiary/aromatic N) is 3. The number of anilines is 3. The first-order valence-electron chi connectivity index (χ1n) is 10.4. The summed E-state index contributed by atoms with van der Waals surface area (Å²) in [6.07, 6.45) is 8.68. The fraction of sp³-hybridized carbons (Fsp3) is 0.476. The van der Waals surface area contributed by atoms with Crippen molar-refractivity contribution in [1.29, 1.82) is 0 Å². The third-order valence-electron chi connectivity index (χ3n) is 5.29. The van der Waals surface area contributed by atoms with Gasteiger partial charge in [-0.25, -0.2) is 4.98 Å². The molecule has 1 fully saturated rings. The molecule has 0 atom stereocenters. The number of rotatable bonds is 8. The van der Waals surface area contributed by atoms with E-state index in [2.05, 4.69) is 25.6 Å². The van der Waals surface area contributed by atoms with Gasteiger partial charge in [-0.05, 0) is 56.5 Å². The zero-order chi connectivity index (χ0) is 20.1. The van der Waals surface area contributed by atoms with E-state index >= 15 is 0 Å². The van der Waals surface area contributed by atoms with E-state index in [1.54, 1.807) is 6.33 Å². The average Bonchev–Trinajstić information content (AvgIpc) is 3.20. The maximum absolute atomic E-state index is 5.72. The Kier molecular flexibility index (Phi) is 6.09. The lowest BCUT2D eigenvalue weighted by molar-refractivity contribution is 0.313. The normalized spacial score (nSPS) is 14.8. The molecule has 8 heteroatoms. The van der Waals surface area contributed by atoms with Gasteiger partial charge in [0.05, 0.1) is 12.9 Å². The minimum atomic E-state index is 0.443. The summed E-state index contributed by atoms with van der Waals surface area (Å²) >= 11 is 0. The molecule has 0 radical (unpaired) electrons. The van der Waals surface area contributed by atoms with E-state index < -0.39 is 0 Å². The van der Waals surface area contributed by atoms with Crippen LogP contribution in [-0.4, -0.2) is 39.1 Å². The summed E-state index contributed by atoms with van der Waals surface area (Å²) < 4.78 is 5.72. The van der Waals surface area contributed by atoms with Gasteiger partial charge in [-0.1, -0.05) is 19.3 Å². The highest BCUT2D eigenvalue weighted by atomic mass is 16.5. The van der Waals surface area contributed by atoms with Gasteiger partial charge in [-0.2, -0.15) is 9.97 Å². The molecule has 0 aliphatic heterocycles. The molecule has 0 amide bonds. The van der Waals surface area contributed by atoms with Crippen molar-refractivity contribution in [2.24, 2.45) is 5.73 Å². The van der Waals surface area contributed by atoms with Crippen molar-refractivity contribution in [2.45, 2.75) is 51.5 Å². The third kappa shape index (κ3) is 4.76. The van der Waals surface area contributed by atoms with Gasteiger partial charge < -0.3 is 26.1 Å². The lowest BCUT2D eigenvalue weighted by Gasteiger charge is -2.23. The molecule has 2 aromatic heterocycles. The average molecular weight is 396 g/mol. The number of nitrogens with one attached hydrogen (secondary N) is 3. The molecule has 3 aromatic rings. The second kappa shape index (κ2) is 9.09. The van der Waals surface area contributed by atoms with Crippen LogP contribution < -0.4 is 21.1 Å². The molecule has 29 heavy (non-hydrogen) atoms. The predicted molar refractivity (Wildman–Crippen MR) is 116 cm³/mol. The SMILES string of the molecule is Cc1cc(OCCCN)ccc1Nc1nc(NC2CCCCC2)c2nc[nH]c2n1. The zero-order valence-electron chi connectivity index (χ0n) is 16.9. The lowest BCUT2D eigenvalue weighted by atomic mass is 9.95. The van der Waals surface area contributed by atoms with Crippen LogP contribution in [0, 0.1) is 6.92 Å². The molecule has 154 valence electrons. The second-order valence-corrected chi connectivity index (χ2v) is 7.57. The van der Waals surface area contributed by atoms with Crippen molar-refractivity contribution >= 4 is 28.6 Å². The number of aromatic amines is 1. The first-order chi connectivity index (χ1) is 14.2. The summed E-state index contributed by atoms with van der Waals surface area (Å²) in [7, 11) is 0. The van der Waals surface area contributed by atoms with Gasteiger partial charge in [0.25, 0.3) is 0 Å². The molecule has 2 heterocycles. The lowest BCUT2D eigenvalue weighted by Crippen LogP contribution is -2.23. The molecule has 4 rings (SSSR count). The van der Waals surface area contributed by atoms with Gasteiger partial charge in [0.1, 0.15) is 11.3 Å². The van der Waals surface area contributed by atoms with Gasteiger partial charge in [-0.15, -0.1) is 0 Å². The molecule has 5 N–H and O–H groups in total. The molecule has 0 spiro atoms. The van der Waals surface area contributed by atoms with Crippen LogP contribution >= 0.6 is 0 Å². The number of benzene rings is 1. The molecular weight excluding hydrogens is 366 g/mol. The zero-order valence-corrected chi connectivity index (χ0v) is 16.9. The predicted octanol–water partition coefficient (Wildman–Crippen LogP) is 3.88. The topological polar surface area (TPSA) is 114 Å². The summed E-state index contributed by atoms with van der Waals surface area (Å²) in [5, 5.41) is 6.93. The van der Waals surface area contributed by atoms with Crippen LogP contribution in [0.5, 0.6) is 5.75 Å². The Morgan fingerprint density at radius 1 is 1.21 bits per heavy atom. The maximum atomic E-state index is 5.72. The van der Waals surface area contributed by atoms with Crippen molar-refractivity contribution in [3.8, 4) is 5.75 Å². The molecule has 8 nitrogen and oxygen atoms in total. The van der Waals surface area contributed by atoms with Crippen LogP contribution in [0.4, 0.5) is 17.5 Å². The standard InChI is InChI=1S/C21H29N7O/c1-14-12-16(29-11-5-10-22)8-9-17(14)26-21-27-19-18(23-13-24-19)20(28-21)25-15-6-3-2-4-7-15/h8-9,12-13,15H,2-7,10-11,22H2,1H3,(H3,23,24,25,26,27,28). The maximum Gasteiger partial charge on any atom is 0.231 e. The number of aryl methyl sites for hydroxylation is 1. The molecule has 0 unspecified atom stereocenters. The number of ether oxygens (including phenoxy) is 1. The number of hydrogen-bond acceptors (Lipinski definition) is 7. The number of aromatic nitrogens is 4. The van der Waals surface area contributed by atoms with Crippen molar-refractivity contribution in [2.75, 3.05) is 23.8 Å². The van der Waals surface area contributed by atoms with Crippen LogP contribution in [0.25, 0.3) is 11.2 Å². The number of fused-ring (bicyclic) bond motifs is 1. The minimum absolute atomic E-state index is 0.443. The van der Waals surface area contributed by atoms with Crippen LogP contribution in [-0.2, 0) is 0 Å². The van der Waals surface area contributed by atoms with Crippen molar-refractivity contribution in [3.63, 3.8) is 0 Å². The van der Waals surface area contributed by atoms with E-state index in [0.717, 1.165) is 40.4 Å². The minimum Gasteiger partial charge on any atom is -0.494 e. The van der Waals surface area contributed by atoms with E-state index in [1.807, 2.05) is 25.1 Å². The van der Waals surface area contributed by atoms with Gasteiger partial charge in [0.15, 0.2) is 11.5 Å². The van der Waals surface area contributed by atoms with E-state index in [9.17, 15) is 0 Å². The number of nitrogens with two attached hydrogens (primary N) is 1. The number of H-pyrrole nitrogens is 1. The Hall–Kier alpha value is -2.87. The summed E-state index contributed by atoms with van der Waals surface area (Å²) in [5.41, 5.74) is 9.02. The molecule has 1 aromatic carbocycles. The van der Waals surface area contributed by atoms with Crippen LogP contribution in [0.1, 0.15) is 44.1 Å². The summed E-state index contributed by atoms with van der Waals surface area (Å²) in [6, 6.07) is 6.39.